The van der Waals surface area contributed by atoms with Crippen LogP contribution in [-0.4, -0.2) is 46.7 Å². The maximum atomic E-state index is 14.2. The summed E-state index contributed by atoms with van der Waals surface area (Å²) in [5.41, 5.74) is 0.488. The molecule has 0 unspecified atom stereocenters. The fourth-order valence-corrected chi connectivity index (χ4v) is 3.65. The molecule has 3 heterocycles. The monoisotopic (exact) mass is 388 g/mol. The number of fused-ring (bicyclic) bond motifs is 1. The summed E-state index contributed by atoms with van der Waals surface area (Å²) in [7, 11) is 0. The first-order valence-corrected chi connectivity index (χ1v) is 9.11. The van der Waals surface area contributed by atoms with E-state index in [2.05, 4.69) is 20.2 Å². The molecular weight excluding hydrogens is 371 g/mol. The lowest BCUT2D eigenvalue weighted by Gasteiger charge is -2.39. The summed E-state index contributed by atoms with van der Waals surface area (Å²) in [6, 6.07) is 6.49. The molecule has 0 spiro atoms. The van der Waals surface area contributed by atoms with E-state index < -0.39 is 5.82 Å². The molecule has 1 saturated heterocycles. The number of halogens is 2. The summed E-state index contributed by atoms with van der Waals surface area (Å²) in [6.45, 7) is 2.89. The van der Waals surface area contributed by atoms with Gasteiger partial charge in [0, 0.05) is 19.1 Å². The number of nitrogens with zero attached hydrogens (tertiary/aromatic N) is 5. The first-order chi connectivity index (χ1) is 13.2. The molecule has 2 aliphatic rings. The van der Waals surface area contributed by atoms with Crippen molar-refractivity contribution in [3.05, 3.63) is 35.9 Å². The van der Waals surface area contributed by atoms with Gasteiger partial charge < -0.3 is 15.0 Å². The van der Waals surface area contributed by atoms with Crippen LogP contribution in [0, 0.1) is 17.1 Å². The zero-order valence-corrected chi connectivity index (χ0v) is 15.3. The Hall–Kier alpha value is -2.63. The Balaban J connectivity index is 1.61. The number of anilines is 3. The van der Waals surface area contributed by atoms with Gasteiger partial charge in [-0.2, -0.15) is 5.26 Å². The van der Waals surface area contributed by atoms with Gasteiger partial charge in [-0.15, -0.1) is 0 Å². The number of nitriles is 1. The van der Waals surface area contributed by atoms with Gasteiger partial charge in [-0.1, -0.05) is 0 Å². The van der Waals surface area contributed by atoms with Crippen molar-refractivity contribution in [1.82, 2.24) is 14.4 Å². The largest absolute Gasteiger partial charge is 0.485 e. The number of nitrogens with one attached hydrogen (secondary N) is 1. The molecule has 0 amide bonds. The highest BCUT2D eigenvalue weighted by Crippen LogP contribution is 2.38. The number of piperidine rings is 1. The Kier molecular flexibility index (Phi) is 4.97. The van der Waals surface area contributed by atoms with Crippen LogP contribution in [0.1, 0.15) is 18.4 Å². The van der Waals surface area contributed by atoms with Crippen LogP contribution in [0.15, 0.2) is 24.5 Å². The zero-order valence-electron chi connectivity index (χ0n) is 14.5. The minimum atomic E-state index is -0.524. The molecule has 4 rings (SSSR count). The molecule has 1 aromatic carbocycles. The summed E-state index contributed by atoms with van der Waals surface area (Å²) in [5, 5.41) is 11.8. The van der Waals surface area contributed by atoms with Crippen molar-refractivity contribution in [2.45, 2.75) is 18.9 Å². The second-order valence-corrected chi connectivity index (χ2v) is 6.97. The summed E-state index contributed by atoms with van der Waals surface area (Å²) < 4.78 is 21.9. The van der Waals surface area contributed by atoms with Crippen molar-refractivity contribution in [1.29, 1.82) is 5.26 Å². The van der Waals surface area contributed by atoms with Gasteiger partial charge in [-0.3, -0.25) is 0 Å². The fourth-order valence-electron chi connectivity index (χ4n) is 3.46. The third-order valence-corrected chi connectivity index (χ3v) is 5.18. The third kappa shape index (κ3) is 3.61. The molecule has 1 fully saturated rings. The van der Waals surface area contributed by atoms with Crippen LogP contribution in [0.2, 0.25) is 0 Å². The van der Waals surface area contributed by atoms with Gasteiger partial charge >= 0.3 is 0 Å². The van der Waals surface area contributed by atoms with Crippen LogP contribution in [0.4, 0.5) is 21.7 Å². The lowest BCUT2D eigenvalue weighted by atomic mass is 10.0. The predicted molar refractivity (Wildman–Crippen MR) is 99.7 cm³/mol. The maximum Gasteiger partial charge on any atom is 0.205 e. The third-order valence-electron chi connectivity index (χ3n) is 4.84. The minimum absolute atomic E-state index is 0.228. The highest BCUT2D eigenvalue weighted by molar-refractivity contribution is 6.13. The number of ether oxygens (including phenoxy) is 1. The normalized spacial score (nSPS) is 17.7. The summed E-state index contributed by atoms with van der Waals surface area (Å²) in [5.74, 6) is 1.10. The Labute approximate surface area is 161 Å². The second-order valence-electron chi connectivity index (χ2n) is 6.49. The number of hydrogen-bond acceptors (Lipinski definition) is 7. The van der Waals surface area contributed by atoms with E-state index in [9.17, 15) is 4.39 Å². The lowest BCUT2D eigenvalue weighted by Crippen LogP contribution is -2.46. The van der Waals surface area contributed by atoms with E-state index in [-0.39, 0.29) is 11.3 Å². The van der Waals surface area contributed by atoms with Crippen LogP contribution >= 0.6 is 11.8 Å². The molecule has 140 valence electrons. The zero-order chi connectivity index (χ0) is 18.8. The molecule has 2 aliphatic heterocycles. The molecule has 27 heavy (non-hydrogen) atoms. The van der Waals surface area contributed by atoms with E-state index in [1.54, 1.807) is 10.5 Å². The fraction of sp³-hybridized carbons (Fsp3) is 0.389. The van der Waals surface area contributed by atoms with E-state index in [1.807, 2.05) is 6.07 Å². The average Bonchev–Trinajstić information content (AvgIpc) is 2.70. The van der Waals surface area contributed by atoms with Gasteiger partial charge in [-0.05, 0) is 42.8 Å². The average molecular weight is 389 g/mol. The molecule has 1 N–H and O–H groups in total. The van der Waals surface area contributed by atoms with E-state index in [1.165, 1.54) is 18.5 Å². The standard InChI is InChI=1S/C18H18ClFN6O/c19-25-5-3-13(4-6-25)26-7-8-27-16-17(22-11-23-18(16)26)24-15-2-1-12(10-21)9-14(15)20/h1-2,9,11,13H,3-8H2,(H,22,23,24). The Bertz CT molecular complexity index is 881. The van der Waals surface area contributed by atoms with E-state index in [0.29, 0.717) is 30.0 Å². The number of hydrogen-bond donors (Lipinski definition) is 1. The van der Waals surface area contributed by atoms with Gasteiger partial charge in [-0.25, -0.2) is 18.8 Å². The highest BCUT2D eigenvalue weighted by Gasteiger charge is 2.31. The SMILES string of the molecule is N#Cc1ccc(Nc2ncnc3c2OCCN3C2CCN(Cl)CC2)c(F)c1. The molecule has 0 bridgehead atoms. The van der Waals surface area contributed by atoms with Crippen LogP contribution in [0.5, 0.6) is 5.75 Å². The van der Waals surface area contributed by atoms with Gasteiger partial charge in [0.25, 0.3) is 0 Å². The first-order valence-electron chi connectivity index (χ1n) is 8.77. The lowest BCUT2D eigenvalue weighted by molar-refractivity contribution is 0.271. The second kappa shape index (κ2) is 7.55. The van der Waals surface area contributed by atoms with Crippen molar-refractivity contribution in [3.63, 3.8) is 0 Å². The molecular formula is C18H18ClFN6O. The van der Waals surface area contributed by atoms with Crippen molar-refractivity contribution < 1.29 is 9.13 Å². The number of rotatable bonds is 3. The molecule has 0 radical (unpaired) electrons. The molecule has 2 aromatic rings. The van der Waals surface area contributed by atoms with Crippen LogP contribution in [0.25, 0.3) is 0 Å². The van der Waals surface area contributed by atoms with Crippen molar-refractivity contribution in [3.8, 4) is 11.8 Å². The predicted octanol–water partition coefficient (Wildman–Crippen LogP) is 3.05. The van der Waals surface area contributed by atoms with Gasteiger partial charge in [0.05, 0.1) is 23.9 Å². The molecule has 0 saturated carbocycles. The summed E-state index contributed by atoms with van der Waals surface area (Å²) >= 11 is 6.07. The van der Waals surface area contributed by atoms with Crippen LogP contribution in [-0.2, 0) is 0 Å². The maximum absolute atomic E-state index is 14.2. The Morgan fingerprint density at radius 1 is 1.26 bits per heavy atom. The first kappa shape index (κ1) is 17.8. The molecule has 0 aliphatic carbocycles. The highest BCUT2D eigenvalue weighted by atomic mass is 35.5. The topological polar surface area (TPSA) is 77.3 Å². The van der Waals surface area contributed by atoms with Gasteiger partial charge in [0.1, 0.15) is 18.8 Å². The molecule has 7 nitrogen and oxygen atoms in total. The van der Waals surface area contributed by atoms with Crippen molar-refractivity contribution in [2.75, 3.05) is 36.5 Å². The summed E-state index contributed by atoms with van der Waals surface area (Å²) in [4.78, 5) is 10.9. The number of benzene rings is 1. The van der Waals surface area contributed by atoms with Crippen molar-refractivity contribution in [2.24, 2.45) is 0 Å². The molecule has 1 aromatic heterocycles. The minimum Gasteiger partial charge on any atom is -0.485 e. The smallest absolute Gasteiger partial charge is 0.205 e. The van der Waals surface area contributed by atoms with Crippen LogP contribution in [0.3, 0.4) is 0 Å². The number of aromatic nitrogens is 2. The Morgan fingerprint density at radius 2 is 2.07 bits per heavy atom. The Morgan fingerprint density at radius 3 is 2.81 bits per heavy atom. The van der Waals surface area contributed by atoms with E-state index in [4.69, 9.17) is 21.8 Å². The van der Waals surface area contributed by atoms with E-state index >= 15 is 0 Å². The van der Waals surface area contributed by atoms with Crippen LogP contribution < -0.4 is 15.0 Å². The van der Waals surface area contributed by atoms with Gasteiger partial charge in [0.2, 0.25) is 5.75 Å². The molecule has 0 atom stereocenters. The van der Waals surface area contributed by atoms with Crippen molar-refractivity contribution >= 4 is 29.1 Å². The molecule has 9 heteroatoms. The van der Waals surface area contributed by atoms with Gasteiger partial charge in [0.15, 0.2) is 11.6 Å². The van der Waals surface area contributed by atoms with E-state index in [0.717, 1.165) is 32.5 Å². The quantitative estimate of drug-likeness (QED) is 0.809. The summed E-state index contributed by atoms with van der Waals surface area (Å²) in [6.07, 6.45) is 3.33.